The highest BCUT2D eigenvalue weighted by Gasteiger charge is 2.39. The molecular formula is C16H30O5S. The van der Waals surface area contributed by atoms with Crippen molar-refractivity contribution < 1.29 is 23.7 Å². The lowest BCUT2D eigenvalue weighted by Crippen LogP contribution is -2.47. The van der Waals surface area contributed by atoms with Gasteiger partial charge in [-0.1, -0.05) is 6.42 Å². The van der Waals surface area contributed by atoms with Gasteiger partial charge in [0.25, 0.3) is 0 Å². The van der Waals surface area contributed by atoms with E-state index in [2.05, 4.69) is 0 Å². The van der Waals surface area contributed by atoms with Gasteiger partial charge in [-0.2, -0.15) is 0 Å². The summed E-state index contributed by atoms with van der Waals surface area (Å²) < 4.78 is 28.7. The number of thioether (sulfide) groups is 1. The zero-order chi connectivity index (χ0) is 15.8. The SMILES string of the molecule is CO[C@@H](SC)C(C)OCOC[C@H]1CCOC2(CCCCC2)O1. The highest BCUT2D eigenvalue weighted by molar-refractivity contribution is 7.99. The first-order valence-electron chi connectivity index (χ1n) is 8.26. The van der Waals surface area contributed by atoms with Gasteiger partial charge in [0.2, 0.25) is 0 Å². The molecule has 6 heteroatoms. The van der Waals surface area contributed by atoms with Gasteiger partial charge in [-0.05, 0) is 32.4 Å². The van der Waals surface area contributed by atoms with Crippen molar-refractivity contribution in [2.45, 2.75) is 68.9 Å². The van der Waals surface area contributed by atoms with E-state index in [1.165, 1.54) is 19.3 Å². The number of methoxy groups -OCH3 is 1. The zero-order valence-corrected chi connectivity index (χ0v) is 14.9. The molecule has 1 heterocycles. The molecule has 0 aromatic rings. The van der Waals surface area contributed by atoms with Crippen molar-refractivity contribution in [1.82, 2.24) is 0 Å². The molecule has 1 aliphatic heterocycles. The minimum atomic E-state index is -0.335. The normalized spacial score (nSPS) is 27.7. The third-order valence-electron chi connectivity index (χ3n) is 4.37. The Morgan fingerprint density at radius 1 is 1.27 bits per heavy atom. The van der Waals surface area contributed by atoms with Crippen molar-refractivity contribution in [3.05, 3.63) is 0 Å². The first kappa shape index (κ1) is 18.5. The Kier molecular flexibility index (Phi) is 7.94. The summed E-state index contributed by atoms with van der Waals surface area (Å²) in [7, 11) is 1.70. The molecule has 0 amide bonds. The first-order valence-corrected chi connectivity index (χ1v) is 9.54. The highest BCUT2D eigenvalue weighted by Crippen LogP contribution is 2.36. The molecule has 1 saturated heterocycles. The molecule has 1 saturated carbocycles. The van der Waals surface area contributed by atoms with Crippen LogP contribution in [0.4, 0.5) is 0 Å². The van der Waals surface area contributed by atoms with Crippen LogP contribution in [-0.2, 0) is 23.7 Å². The molecule has 0 N–H and O–H groups in total. The van der Waals surface area contributed by atoms with Gasteiger partial charge in [-0.3, -0.25) is 0 Å². The summed E-state index contributed by atoms with van der Waals surface area (Å²) in [5.74, 6) is -0.335. The fourth-order valence-electron chi connectivity index (χ4n) is 3.14. The summed E-state index contributed by atoms with van der Waals surface area (Å²) in [6, 6.07) is 0. The third-order valence-corrected chi connectivity index (χ3v) is 5.41. The lowest BCUT2D eigenvalue weighted by Gasteiger charge is -2.43. The van der Waals surface area contributed by atoms with Crippen LogP contribution in [0.25, 0.3) is 0 Å². The van der Waals surface area contributed by atoms with Crippen LogP contribution >= 0.6 is 11.8 Å². The van der Waals surface area contributed by atoms with Crippen LogP contribution in [0.3, 0.4) is 0 Å². The Labute approximate surface area is 138 Å². The average Bonchev–Trinajstić information content (AvgIpc) is 2.54. The molecule has 2 rings (SSSR count). The molecule has 2 aliphatic rings. The Morgan fingerprint density at radius 3 is 2.73 bits per heavy atom. The van der Waals surface area contributed by atoms with E-state index in [-0.39, 0.29) is 30.2 Å². The van der Waals surface area contributed by atoms with E-state index in [1.807, 2.05) is 13.2 Å². The monoisotopic (exact) mass is 334 g/mol. The standard InChI is InChI=1S/C16H30O5S/c1-13(15(17-2)22-3)19-12-18-11-14-7-10-20-16(21-14)8-5-4-6-9-16/h13-15H,4-12H2,1-3H3/t13?,14-,15+/m1/s1. The number of hydrogen-bond donors (Lipinski definition) is 0. The van der Waals surface area contributed by atoms with E-state index in [4.69, 9.17) is 23.7 Å². The van der Waals surface area contributed by atoms with Crippen molar-refractivity contribution in [3.63, 3.8) is 0 Å². The third kappa shape index (κ3) is 5.35. The van der Waals surface area contributed by atoms with Crippen LogP contribution in [0.15, 0.2) is 0 Å². The van der Waals surface area contributed by atoms with Crippen LogP contribution < -0.4 is 0 Å². The topological polar surface area (TPSA) is 46.2 Å². The summed E-state index contributed by atoms with van der Waals surface area (Å²) in [6.07, 6.45) is 8.72. The second-order valence-electron chi connectivity index (χ2n) is 6.05. The quantitative estimate of drug-likeness (QED) is 0.502. The minimum absolute atomic E-state index is 0.000272. The molecule has 2 fully saturated rings. The second kappa shape index (κ2) is 9.45. The predicted octanol–water partition coefficient (Wildman–Crippen LogP) is 3.17. The number of rotatable bonds is 8. The van der Waals surface area contributed by atoms with Crippen LogP contribution in [-0.4, -0.2) is 56.8 Å². The first-order chi connectivity index (χ1) is 10.7. The fraction of sp³-hybridized carbons (Fsp3) is 1.00. The van der Waals surface area contributed by atoms with Crippen molar-refractivity contribution in [2.75, 3.05) is 33.4 Å². The van der Waals surface area contributed by atoms with Crippen molar-refractivity contribution in [3.8, 4) is 0 Å². The molecule has 1 aliphatic carbocycles. The van der Waals surface area contributed by atoms with E-state index in [1.54, 1.807) is 18.9 Å². The predicted molar refractivity (Wildman–Crippen MR) is 86.9 cm³/mol. The molecule has 1 spiro atoms. The second-order valence-corrected chi connectivity index (χ2v) is 6.98. The smallest absolute Gasteiger partial charge is 0.168 e. The molecule has 130 valence electrons. The van der Waals surface area contributed by atoms with E-state index in [0.717, 1.165) is 25.9 Å². The Morgan fingerprint density at radius 2 is 2.05 bits per heavy atom. The molecule has 0 aromatic heterocycles. The molecule has 0 radical (unpaired) electrons. The fourth-order valence-corrected chi connectivity index (χ4v) is 3.79. The summed E-state index contributed by atoms with van der Waals surface area (Å²) in [4.78, 5) is 0. The van der Waals surface area contributed by atoms with E-state index in [0.29, 0.717) is 6.61 Å². The van der Waals surface area contributed by atoms with Gasteiger partial charge in [0.15, 0.2) is 5.79 Å². The Bertz CT molecular complexity index is 299. The maximum Gasteiger partial charge on any atom is 0.168 e. The maximum absolute atomic E-state index is 6.18. The summed E-state index contributed by atoms with van der Waals surface area (Å²) >= 11 is 1.63. The van der Waals surface area contributed by atoms with Crippen LogP contribution in [0, 0.1) is 0 Å². The van der Waals surface area contributed by atoms with Gasteiger partial charge in [0.05, 0.1) is 25.4 Å². The largest absolute Gasteiger partial charge is 0.368 e. The molecule has 1 unspecified atom stereocenters. The summed E-state index contributed by atoms with van der Waals surface area (Å²) in [5, 5.41) is 0. The highest BCUT2D eigenvalue weighted by atomic mass is 32.2. The summed E-state index contributed by atoms with van der Waals surface area (Å²) in [5.41, 5.74) is 0.0356. The van der Waals surface area contributed by atoms with E-state index >= 15 is 0 Å². The number of hydrogen-bond acceptors (Lipinski definition) is 6. The van der Waals surface area contributed by atoms with Crippen LogP contribution in [0.5, 0.6) is 0 Å². The van der Waals surface area contributed by atoms with Crippen LogP contribution in [0.1, 0.15) is 45.4 Å². The van der Waals surface area contributed by atoms with Crippen molar-refractivity contribution in [2.24, 2.45) is 0 Å². The minimum Gasteiger partial charge on any atom is -0.368 e. The van der Waals surface area contributed by atoms with Crippen LogP contribution in [0.2, 0.25) is 0 Å². The molecule has 5 nitrogen and oxygen atoms in total. The molecular weight excluding hydrogens is 304 g/mol. The van der Waals surface area contributed by atoms with Gasteiger partial charge in [-0.25, -0.2) is 0 Å². The van der Waals surface area contributed by atoms with Gasteiger partial charge in [0.1, 0.15) is 12.2 Å². The molecule has 0 bridgehead atoms. The van der Waals surface area contributed by atoms with Gasteiger partial charge < -0.3 is 23.7 Å². The maximum atomic E-state index is 6.18. The average molecular weight is 334 g/mol. The number of ether oxygens (including phenoxy) is 5. The Hall–Kier alpha value is 0.150. The van der Waals surface area contributed by atoms with E-state index < -0.39 is 0 Å². The van der Waals surface area contributed by atoms with Crippen molar-refractivity contribution >= 4 is 11.8 Å². The Balaban J connectivity index is 1.64. The lowest BCUT2D eigenvalue weighted by atomic mass is 9.93. The summed E-state index contributed by atoms with van der Waals surface area (Å²) in [6.45, 7) is 3.60. The molecule has 0 aromatic carbocycles. The zero-order valence-electron chi connectivity index (χ0n) is 14.0. The van der Waals surface area contributed by atoms with Gasteiger partial charge >= 0.3 is 0 Å². The lowest BCUT2D eigenvalue weighted by molar-refractivity contribution is -0.313. The van der Waals surface area contributed by atoms with E-state index in [9.17, 15) is 0 Å². The molecule has 3 atom stereocenters. The molecule has 22 heavy (non-hydrogen) atoms. The van der Waals surface area contributed by atoms with Gasteiger partial charge in [0, 0.05) is 20.0 Å². The van der Waals surface area contributed by atoms with Gasteiger partial charge in [-0.15, -0.1) is 11.8 Å². The van der Waals surface area contributed by atoms with Crippen molar-refractivity contribution in [1.29, 1.82) is 0 Å².